The van der Waals surface area contributed by atoms with Crippen molar-refractivity contribution in [2.75, 3.05) is 13.1 Å². The Balaban J connectivity index is 2.41. The molecule has 1 nitrogen and oxygen atoms in total. The highest BCUT2D eigenvalue weighted by Crippen LogP contribution is 2.23. The fourth-order valence-electron chi connectivity index (χ4n) is 0.880. The third kappa shape index (κ3) is 1.86. The summed E-state index contributed by atoms with van der Waals surface area (Å²) in [6.07, 6.45) is -2.01. The highest BCUT2D eigenvalue weighted by molar-refractivity contribution is 4.80. The first-order valence-electron chi connectivity index (χ1n) is 2.83. The molecule has 1 saturated heterocycles. The molecule has 0 radical (unpaired) electrons. The van der Waals surface area contributed by atoms with Crippen LogP contribution in [0.25, 0.3) is 0 Å². The van der Waals surface area contributed by atoms with Crippen molar-refractivity contribution in [2.24, 2.45) is 0 Å². The van der Waals surface area contributed by atoms with Crippen molar-refractivity contribution in [3.8, 4) is 0 Å². The Labute approximate surface area is 51.2 Å². The van der Waals surface area contributed by atoms with Crippen molar-refractivity contribution < 1.29 is 13.2 Å². The first-order chi connectivity index (χ1) is 4.10. The molecule has 0 aromatic heterocycles. The van der Waals surface area contributed by atoms with Crippen molar-refractivity contribution in [1.82, 2.24) is 5.32 Å². The van der Waals surface area contributed by atoms with E-state index in [1.54, 1.807) is 0 Å². The minimum Gasteiger partial charge on any atom is -0.308 e. The highest BCUT2D eigenvalue weighted by Gasteiger charge is 2.36. The van der Waals surface area contributed by atoms with E-state index in [0.717, 1.165) is 0 Å². The lowest BCUT2D eigenvalue weighted by Gasteiger charge is -2.24. The molecule has 4 heteroatoms. The van der Waals surface area contributed by atoms with Gasteiger partial charge in [0.1, 0.15) is 6.17 Å². The zero-order valence-electron chi connectivity index (χ0n) is 4.83. The second kappa shape index (κ2) is 2.17. The van der Waals surface area contributed by atoms with Crippen LogP contribution in [0.1, 0.15) is 6.42 Å². The average molecular weight is 139 g/mol. The molecule has 1 heterocycles. The van der Waals surface area contributed by atoms with Crippen molar-refractivity contribution >= 4 is 0 Å². The number of hydrogen-bond donors (Lipinski definition) is 1. The number of hydrogen-bond acceptors (Lipinski definition) is 1. The van der Waals surface area contributed by atoms with Crippen LogP contribution in [-0.2, 0) is 0 Å². The van der Waals surface area contributed by atoms with Crippen LogP contribution in [0.5, 0.6) is 0 Å². The van der Waals surface area contributed by atoms with E-state index >= 15 is 0 Å². The minimum atomic E-state index is -2.84. The Morgan fingerprint density at radius 2 is 2.11 bits per heavy atom. The molecular formula is C5H8F3N. The van der Waals surface area contributed by atoms with Crippen LogP contribution in [0.4, 0.5) is 13.2 Å². The van der Waals surface area contributed by atoms with Crippen LogP contribution in [0.15, 0.2) is 0 Å². The smallest absolute Gasteiger partial charge is 0.263 e. The summed E-state index contributed by atoms with van der Waals surface area (Å²) in [6.45, 7) is -0.316. The van der Waals surface area contributed by atoms with Gasteiger partial charge in [0.15, 0.2) is 0 Å². The molecule has 0 aromatic carbocycles. The Kier molecular flexibility index (Phi) is 1.66. The maximum Gasteiger partial charge on any atom is 0.263 e. The van der Waals surface area contributed by atoms with Gasteiger partial charge in [0.05, 0.1) is 6.54 Å². The standard InChI is InChI=1S/C5H8F3N/c6-4-1-5(7,8)3-9-2-4/h4,9H,1-3H2. The van der Waals surface area contributed by atoms with E-state index in [1.807, 2.05) is 0 Å². The summed E-state index contributed by atoms with van der Waals surface area (Å²) in [7, 11) is 0. The van der Waals surface area contributed by atoms with Gasteiger partial charge in [0.25, 0.3) is 5.92 Å². The normalized spacial score (nSPS) is 34.3. The summed E-state index contributed by atoms with van der Waals surface area (Å²) < 4.78 is 36.4. The molecule has 0 saturated carbocycles. The fourth-order valence-corrected chi connectivity index (χ4v) is 0.880. The summed E-state index contributed by atoms with van der Waals surface area (Å²) in [6, 6.07) is 0. The van der Waals surface area contributed by atoms with Crippen LogP contribution in [0.2, 0.25) is 0 Å². The number of alkyl halides is 3. The minimum absolute atomic E-state index is 0.0651. The van der Waals surface area contributed by atoms with E-state index in [4.69, 9.17) is 0 Å². The molecule has 9 heavy (non-hydrogen) atoms. The van der Waals surface area contributed by atoms with Crippen molar-refractivity contribution in [1.29, 1.82) is 0 Å². The van der Waals surface area contributed by atoms with Crippen LogP contribution in [-0.4, -0.2) is 25.2 Å². The van der Waals surface area contributed by atoms with E-state index < -0.39 is 18.5 Å². The number of piperidine rings is 1. The molecule has 1 N–H and O–H groups in total. The predicted molar refractivity (Wildman–Crippen MR) is 27.3 cm³/mol. The van der Waals surface area contributed by atoms with Crippen molar-refractivity contribution in [3.63, 3.8) is 0 Å². The van der Waals surface area contributed by atoms with E-state index in [0.29, 0.717) is 0 Å². The number of halogens is 3. The molecule has 0 aromatic rings. The summed E-state index contributed by atoms with van der Waals surface area (Å²) >= 11 is 0. The molecule has 1 aliphatic heterocycles. The lowest BCUT2D eigenvalue weighted by atomic mass is 10.1. The van der Waals surface area contributed by atoms with Gasteiger partial charge in [-0.3, -0.25) is 0 Å². The Morgan fingerprint density at radius 1 is 1.44 bits per heavy atom. The summed E-state index contributed by atoms with van der Waals surface area (Å²) in [5.74, 6) is -2.84. The van der Waals surface area contributed by atoms with Crippen LogP contribution in [0, 0.1) is 0 Å². The molecule has 0 bridgehead atoms. The Morgan fingerprint density at radius 3 is 2.44 bits per heavy atom. The fraction of sp³-hybridized carbons (Fsp3) is 1.00. The van der Waals surface area contributed by atoms with Gasteiger partial charge in [-0.2, -0.15) is 0 Å². The molecule has 1 fully saturated rings. The molecule has 1 atom stereocenters. The summed E-state index contributed by atoms with van der Waals surface area (Å²) in [5, 5.41) is 2.30. The largest absolute Gasteiger partial charge is 0.308 e. The Bertz CT molecular complexity index is 104. The zero-order valence-corrected chi connectivity index (χ0v) is 4.83. The molecular weight excluding hydrogens is 131 g/mol. The SMILES string of the molecule is FC1CNCC(F)(F)C1. The highest BCUT2D eigenvalue weighted by atomic mass is 19.3. The lowest BCUT2D eigenvalue weighted by Crippen LogP contribution is -2.44. The molecule has 0 spiro atoms. The van der Waals surface area contributed by atoms with E-state index in [1.165, 1.54) is 0 Å². The second-order valence-electron chi connectivity index (χ2n) is 2.29. The number of nitrogens with one attached hydrogen (secondary N) is 1. The lowest BCUT2D eigenvalue weighted by molar-refractivity contribution is -0.0448. The summed E-state index contributed by atoms with van der Waals surface area (Å²) in [5.41, 5.74) is 0. The summed E-state index contributed by atoms with van der Waals surface area (Å²) in [4.78, 5) is 0. The maximum atomic E-state index is 12.2. The van der Waals surface area contributed by atoms with Gasteiger partial charge in [-0.05, 0) is 0 Å². The van der Waals surface area contributed by atoms with Gasteiger partial charge in [-0.15, -0.1) is 0 Å². The third-order valence-electron chi connectivity index (χ3n) is 1.27. The second-order valence-corrected chi connectivity index (χ2v) is 2.29. The van der Waals surface area contributed by atoms with Crippen molar-refractivity contribution in [3.05, 3.63) is 0 Å². The molecule has 1 aliphatic rings. The number of rotatable bonds is 0. The van der Waals surface area contributed by atoms with Crippen LogP contribution < -0.4 is 5.32 Å². The van der Waals surface area contributed by atoms with Gasteiger partial charge in [0.2, 0.25) is 0 Å². The quantitative estimate of drug-likeness (QED) is 0.527. The molecule has 1 rings (SSSR count). The van der Waals surface area contributed by atoms with Crippen LogP contribution in [0.3, 0.4) is 0 Å². The predicted octanol–water partition coefficient (Wildman–Crippen LogP) is 0.953. The van der Waals surface area contributed by atoms with Gasteiger partial charge < -0.3 is 5.32 Å². The first kappa shape index (κ1) is 6.86. The van der Waals surface area contributed by atoms with Gasteiger partial charge in [0, 0.05) is 13.0 Å². The van der Waals surface area contributed by atoms with Gasteiger partial charge >= 0.3 is 0 Å². The van der Waals surface area contributed by atoms with E-state index in [-0.39, 0.29) is 13.1 Å². The molecule has 54 valence electrons. The van der Waals surface area contributed by atoms with E-state index in [9.17, 15) is 13.2 Å². The Hall–Kier alpha value is -0.250. The maximum absolute atomic E-state index is 12.2. The van der Waals surface area contributed by atoms with Gasteiger partial charge in [-0.1, -0.05) is 0 Å². The van der Waals surface area contributed by atoms with Gasteiger partial charge in [-0.25, -0.2) is 13.2 Å². The topological polar surface area (TPSA) is 12.0 Å². The van der Waals surface area contributed by atoms with Crippen molar-refractivity contribution in [2.45, 2.75) is 18.5 Å². The third-order valence-corrected chi connectivity index (χ3v) is 1.27. The zero-order chi connectivity index (χ0) is 6.91. The molecule has 0 amide bonds. The molecule has 0 aliphatic carbocycles. The monoisotopic (exact) mass is 139 g/mol. The molecule has 1 unspecified atom stereocenters. The van der Waals surface area contributed by atoms with E-state index in [2.05, 4.69) is 5.32 Å². The first-order valence-corrected chi connectivity index (χ1v) is 2.83. The van der Waals surface area contributed by atoms with Crippen LogP contribution >= 0.6 is 0 Å². The average Bonchev–Trinajstić information content (AvgIpc) is 1.60.